The third-order valence-corrected chi connectivity index (χ3v) is 3.83. The van der Waals surface area contributed by atoms with E-state index in [1.807, 2.05) is 36.4 Å². The zero-order chi connectivity index (χ0) is 13.8. The minimum Gasteiger partial charge on any atom is -0.388 e. The van der Waals surface area contributed by atoms with E-state index in [1.54, 1.807) is 12.1 Å². The van der Waals surface area contributed by atoms with E-state index in [4.69, 9.17) is 17.3 Å². The first-order chi connectivity index (χ1) is 9.11. The Labute approximate surface area is 126 Å². The zero-order valence-electron chi connectivity index (χ0n) is 10.3. The van der Waals surface area contributed by atoms with Crippen molar-refractivity contribution in [3.63, 3.8) is 0 Å². The molecule has 4 heteroatoms. The van der Waals surface area contributed by atoms with Gasteiger partial charge in [0.2, 0.25) is 0 Å². The van der Waals surface area contributed by atoms with Gasteiger partial charge in [-0.3, -0.25) is 0 Å². The van der Waals surface area contributed by atoms with E-state index in [1.165, 1.54) is 0 Å². The van der Waals surface area contributed by atoms with Gasteiger partial charge >= 0.3 is 0 Å². The molecule has 0 bridgehead atoms. The lowest BCUT2D eigenvalue weighted by Gasteiger charge is -2.22. The van der Waals surface area contributed by atoms with Gasteiger partial charge in [0, 0.05) is 22.0 Å². The largest absolute Gasteiger partial charge is 0.388 e. The van der Waals surface area contributed by atoms with Crippen molar-refractivity contribution in [2.24, 2.45) is 5.73 Å². The predicted octanol–water partition coefficient (Wildman–Crippen LogP) is 3.88. The van der Waals surface area contributed by atoms with Crippen LogP contribution in [-0.2, 0) is 0 Å². The van der Waals surface area contributed by atoms with Gasteiger partial charge in [-0.2, -0.15) is 0 Å². The van der Waals surface area contributed by atoms with Crippen molar-refractivity contribution in [1.82, 2.24) is 0 Å². The maximum absolute atomic E-state index is 10.5. The Bertz CT molecular complexity index is 561. The summed E-state index contributed by atoms with van der Waals surface area (Å²) in [5.74, 6) is -0.157. The van der Waals surface area contributed by atoms with Crippen LogP contribution in [0, 0.1) is 0 Å². The topological polar surface area (TPSA) is 46.2 Å². The van der Waals surface area contributed by atoms with Crippen LogP contribution in [0.25, 0.3) is 0 Å². The Balaban J connectivity index is 2.31. The number of benzene rings is 2. The van der Waals surface area contributed by atoms with Crippen LogP contribution in [0.1, 0.15) is 23.1 Å². The van der Waals surface area contributed by atoms with E-state index < -0.39 is 6.10 Å². The van der Waals surface area contributed by atoms with Crippen LogP contribution < -0.4 is 5.73 Å². The smallest absolute Gasteiger partial charge is 0.0871 e. The lowest BCUT2D eigenvalue weighted by molar-refractivity contribution is 0.147. The van der Waals surface area contributed by atoms with Crippen LogP contribution in [0.4, 0.5) is 0 Å². The van der Waals surface area contributed by atoms with Gasteiger partial charge in [0.1, 0.15) is 0 Å². The molecule has 2 aromatic rings. The van der Waals surface area contributed by atoms with Crippen molar-refractivity contribution < 1.29 is 5.11 Å². The first-order valence-electron chi connectivity index (χ1n) is 6.01. The zero-order valence-corrected chi connectivity index (χ0v) is 12.6. The molecule has 0 aliphatic carbocycles. The molecule has 2 unspecified atom stereocenters. The number of nitrogens with two attached hydrogens (primary N) is 1. The van der Waals surface area contributed by atoms with Gasteiger partial charge in [-0.1, -0.05) is 51.8 Å². The van der Waals surface area contributed by atoms with E-state index >= 15 is 0 Å². The van der Waals surface area contributed by atoms with Crippen molar-refractivity contribution >= 4 is 27.5 Å². The standard InChI is InChI=1S/C15H15BrClNO/c16-12-5-1-3-10(7-12)14(9-18)15(19)11-4-2-6-13(17)8-11/h1-8,14-15,19H,9,18H2. The Morgan fingerprint density at radius 1 is 1.11 bits per heavy atom. The first-order valence-corrected chi connectivity index (χ1v) is 7.18. The van der Waals surface area contributed by atoms with E-state index in [2.05, 4.69) is 15.9 Å². The second-order valence-corrected chi connectivity index (χ2v) is 5.75. The maximum atomic E-state index is 10.5. The van der Waals surface area contributed by atoms with E-state index in [-0.39, 0.29) is 5.92 Å². The Morgan fingerprint density at radius 2 is 1.79 bits per heavy atom. The summed E-state index contributed by atoms with van der Waals surface area (Å²) in [5, 5.41) is 11.1. The Kier molecular flexibility index (Phi) is 4.99. The minimum atomic E-state index is -0.669. The molecule has 0 aromatic heterocycles. The summed E-state index contributed by atoms with van der Waals surface area (Å²) in [7, 11) is 0. The number of rotatable bonds is 4. The highest BCUT2D eigenvalue weighted by atomic mass is 79.9. The number of halogens is 2. The van der Waals surface area contributed by atoms with E-state index in [0.29, 0.717) is 11.6 Å². The average Bonchev–Trinajstić information content (AvgIpc) is 2.39. The highest BCUT2D eigenvalue weighted by Gasteiger charge is 2.21. The van der Waals surface area contributed by atoms with Crippen molar-refractivity contribution in [2.45, 2.75) is 12.0 Å². The molecular weight excluding hydrogens is 326 g/mol. The molecule has 2 nitrogen and oxygen atoms in total. The number of hydrogen-bond donors (Lipinski definition) is 2. The van der Waals surface area contributed by atoms with Crippen molar-refractivity contribution in [3.05, 3.63) is 69.2 Å². The average molecular weight is 341 g/mol. The van der Waals surface area contributed by atoms with Gasteiger partial charge in [0.05, 0.1) is 6.10 Å². The highest BCUT2D eigenvalue weighted by molar-refractivity contribution is 9.10. The molecule has 0 saturated heterocycles. The molecule has 0 spiro atoms. The second kappa shape index (κ2) is 6.53. The van der Waals surface area contributed by atoms with Crippen LogP contribution in [-0.4, -0.2) is 11.7 Å². The summed E-state index contributed by atoms with van der Waals surface area (Å²) in [6.07, 6.45) is -0.669. The maximum Gasteiger partial charge on any atom is 0.0871 e. The number of aliphatic hydroxyl groups excluding tert-OH is 1. The van der Waals surface area contributed by atoms with Crippen molar-refractivity contribution in [1.29, 1.82) is 0 Å². The summed E-state index contributed by atoms with van der Waals surface area (Å²) in [5.41, 5.74) is 7.61. The fourth-order valence-corrected chi connectivity index (χ4v) is 2.72. The van der Waals surface area contributed by atoms with Crippen molar-refractivity contribution in [3.8, 4) is 0 Å². The third kappa shape index (κ3) is 3.57. The SMILES string of the molecule is NCC(c1cccc(Br)c1)C(O)c1cccc(Cl)c1. The Morgan fingerprint density at radius 3 is 2.42 bits per heavy atom. The predicted molar refractivity (Wildman–Crippen MR) is 82.3 cm³/mol. The monoisotopic (exact) mass is 339 g/mol. The van der Waals surface area contributed by atoms with Gasteiger partial charge in [-0.25, -0.2) is 0 Å². The summed E-state index contributed by atoms with van der Waals surface area (Å²) in [6.45, 7) is 0.365. The van der Waals surface area contributed by atoms with Gasteiger partial charge in [-0.15, -0.1) is 0 Å². The van der Waals surface area contributed by atoms with Crippen LogP contribution in [0.5, 0.6) is 0 Å². The van der Waals surface area contributed by atoms with Gasteiger partial charge in [0.25, 0.3) is 0 Å². The molecule has 0 radical (unpaired) electrons. The molecule has 2 atom stereocenters. The molecule has 19 heavy (non-hydrogen) atoms. The third-order valence-electron chi connectivity index (χ3n) is 3.10. The van der Waals surface area contributed by atoms with Crippen molar-refractivity contribution in [2.75, 3.05) is 6.54 Å². The van der Waals surface area contributed by atoms with Gasteiger partial charge < -0.3 is 10.8 Å². The van der Waals surface area contributed by atoms with Crippen LogP contribution in [0.15, 0.2) is 53.0 Å². The quantitative estimate of drug-likeness (QED) is 0.887. The van der Waals surface area contributed by atoms with Crippen LogP contribution in [0.2, 0.25) is 5.02 Å². The van der Waals surface area contributed by atoms with Crippen LogP contribution >= 0.6 is 27.5 Å². The molecule has 3 N–H and O–H groups in total. The minimum absolute atomic E-state index is 0.157. The molecule has 0 fully saturated rings. The van der Waals surface area contributed by atoms with E-state index in [9.17, 15) is 5.11 Å². The summed E-state index contributed by atoms with van der Waals surface area (Å²) < 4.78 is 0.974. The Hall–Kier alpha value is -0.870. The molecule has 0 saturated carbocycles. The second-order valence-electron chi connectivity index (χ2n) is 4.40. The summed E-state index contributed by atoms with van der Waals surface area (Å²) in [6, 6.07) is 15.1. The van der Waals surface area contributed by atoms with Gasteiger partial charge in [-0.05, 0) is 35.4 Å². The van der Waals surface area contributed by atoms with E-state index in [0.717, 1.165) is 15.6 Å². The van der Waals surface area contributed by atoms with Gasteiger partial charge in [0.15, 0.2) is 0 Å². The fourth-order valence-electron chi connectivity index (χ4n) is 2.11. The number of aliphatic hydroxyl groups is 1. The lowest BCUT2D eigenvalue weighted by atomic mass is 9.89. The fraction of sp³-hybridized carbons (Fsp3) is 0.200. The number of hydrogen-bond acceptors (Lipinski definition) is 2. The lowest BCUT2D eigenvalue weighted by Crippen LogP contribution is -2.20. The van der Waals surface area contributed by atoms with Crippen LogP contribution in [0.3, 0.4) is 0 Å². The molecule has 2 aromatic carbocycles. The summed E-state index contributed by atoms with van der Waals surface area (Å²) in [4.78, 5) is 0. The molecule has 2 rings (SSSR count). The molecule has 100 valence electrons. The molecule has 0 amide bonds. The first kappa shape index (κ1) is 14.5. The molecule has 0 heterocycles. The highest BCUT2D eigenvalue weighted by Crippen LogP contribution is 2.32. The molecule has 0 aliphatic heterocycles. The molecular formula is C15H15BrClNO. The molecule has 0 aliphatic rings. The normalized spacial score (nSPS) is 14.1. The summed E-state index contributed by atoms with van der Waals surface area (Å²) >= 11 is 9.39.